The monoisotopic (exact) mass is 232 g/mol. The lowest BCUT2D eigenvalue weighted by Gasteiger charge is -2.19. The molecular weight excluding hydrogens is 212 g/mol. The van der Waals surface area contributed by atoms with Gasteiger partial charge in [0.05, 0.1) is 19.1 Å². The lowest BCUT2D eigenvalue weighted by atomic mass is 10.1. The van der Waals surface area contributed by atoms with Crippen molar-refractivity contribution in [1.29, 1.82) is 5.26 Å². The summed E-state index contributed by atoms with van der Waals surface area (Å²) in [6.07, 6.45) is 0. The van der Waals surface area contributed by atoms with Gasteiger partial charge in [0, 0.05) is 18.7 Å². The smallest absolute Gasteiger partial charge is 0.123 e. The molecule has 0 N–H and O–H groups in total. The van der Waals surface area contributed by atoms with Crippen LogP contribution < -0.4 is 4.74 Å². The Bertz CT molecular complexity index is 409. The van der Waals surface area contributed by atoms with Crippen LogP contribution >= 0.6 is 0 Å². The average molecular weight is 232 g/mol. The zero-order chi connectivity index (χ0) is 12.8. The van der Waals surface area contributed by atoms with Gasteiger partial charge in [0.1, 0.15) is 5.75 Å². The van der Waals surface area contributed by atoms with Crippen molar-refractivity contribution in [3.8, 4) is 11.8 Å². The van der Waals surface area contributed by atoms with Crippen molar-refractivity contribution in [3.05, 3.63) is 29.3 Å². The Balaban J connectivity index is 2.73. The first kappa shape index (κ1) is 13.5. The van der Waals surface area contributed by atoms with Crippen LogP contribution in [0.25, 0.3) is 0 Å². The van der Waals surface area contributed by atoms with E-state index in [1.54, 1.807) is 7.11 Å². The SMILES string of the molecule is COc1ccc(C)cc1CN(C)CC(C)C#N. The summed E-state index contributed by atoms with van der Waals surface area (Å²) in [4.78, 5) is 2.14. The molecule has 0 fully saturated rings. The van der Waals surface area contributed by atoms with Gasteiger partial charge in [-0.25, -0.2) is 0 Å². The highest BCUT2D eigenvalue weighted by atomic mass is 16.5. The van der Waals surface area contributed by atoms with Gasteiger partial charge in [-0.05, 0) is 27.0 Å². The van der Waals surface area contributed by atoms with Crippen molar-refractivity contribution < 1.29 is 4.74 Å². The van der Waals surface area contributed by atoms with Gasteiger partial charge >= 0.3 is 0 Å². The fraction of sp³-hybridized carbons (Fsp3) is 0.500. The van der Waals surface area contributed by atoms with Gasteiger partial charge in [-0.15, -0.1) is 0 Å². The van der Waals surface area contributed by atoms with Crippen LogP contribution in [0.2, 0.25) is 0 Å². The van der Waals surface area contributed by atoms with Crippen LogP contribution in [0.3, 0.4) is 0 Å². The zero-order valence-corrected chi connectivity index (χ0v) is 11.0. The van der Waals surface area contributed by atoms with Crippen LogP contribution in [-0.4, -0.2) is 25.6 Å². The van der Waals surface area contributed by atoms with E-state index in [1.165, 1.54) is 11.1 Å². The fourth-order valence-corrected chi connectivity index (χ4v) is 1.89. The van der Waals surface area contributed by atoms with E-state index in [-0.39, 0.29) is 5.92 Å². The van der Waals surface area contributed by atoms with Crippen LogP contribution in [-0.2, 0) is 6.54 Å². The third-order valence-electron chi connectivity index (χ3n) is 2.68. The van der Waals surface area contributed by atoms with Crippen LogP contribution in [0.4, 0.5) is 0 Å². The second-order valence-electron chi connectivity index (χ2n) is 4.54. The quantitative estimate of drug-likeness (QED) is 0.783. The number of nitrogens with zero attached hydrogens (tertiary/aromatic N) is 2. The molecule has 0 aliphatic carbocycles. The van der Waals surface area contributed by atoms with Crippen LogP contribution in [0.15, 0.2) is 18.2 Å². The first-order valence-corrected chi connectivity index (χ1v) is 5.78. The third kappa shape index (κ3) is 4.08. The predicted molar refractivity (Wildman–Crippen MR) is 68.8 cm³/mol. The Kier molecular flexibility index (Phi) is 4.99. The third-order valence-corrected chi connectivity index (χ3v) is 2.68. The zero-order valence-electron chi connectivity index (χ0n) is 11.0. The number of hydrogen-bond acceptors (Lipinski definition) is 3. The van der Waals surface area contributed by atoms with Gasteiger partial charge in [0.2, 0.25) is 0 Å². The molecule has 0 saturated heterocycles. The maximum absolute atomic E-state index is 8.79. The number of rotatable bonds is 5. The van der Waals surface area contributed by atoms with Crippen LogP contribution in [0.5, 0.6) is 5.75 Å². The van der Waals surface area contributed by atoms with Gasteiger partial charge in [-0.1, -0.05) is 17.7 Å². The second kappa shape index (κ2) is 6.27. The van der Waals surface area contributed by atoms with Crippen molar-refractivity contribution in [2.75, 3.05) is 20.7 Å². The summed E-state index contributed by atoms with van der Waals surface area (Å²) in [6, 6.07) is 8.41. The number of aryl methyl sites for hydroxylation is 1. The van der Waals surface area contributed by atoms with Gasteiger partial charge in [0.15, 0.2) is 0 Å². The molecule has 0 aromatic heterocycles. The molecule has 0 saturated carbocycles. The lowest BCUT2D eigenvalue weighted by molar-refractivity contribution is 0.296. The molecule has 0 heterocycles. The Morgan fingerprint density at radius 3 is 2.76 bits per heavy atom. The van der Waals surface area contributed by atoms with E-state index in [0.717, 1.165) is 18.8 Å². The topological polar surface area (TPSA) is 36.3 Å². The minimum Gasteiger partial charge on any atom is -0.496 e. The largest absolute Gasteiger partial charge is 0.496 e. The molecule has 0 bridgehead atoms. The molecule has 17 heavy (non-hydrogen) atoms. The van der Waals surface area contributed by atoms with Gasteiger partial charge in [-0.3, -0.25) is 0 Å². The highest BCUT2D eigenvalue weighted by Gasteiger charge is 2.09. The van der Waals surface area contributed by atoms with Crippen molar-refractivity contribution in [2.45, 2.75) is 20.4 Å². The normalized spacial score (nSPS) is 12.2. The number of ether oxygens (including phenoxy) is 1. The van der Waals surface area contributed by atoms with Crippen molar-refractivity contribution in [1.82, 2.24) is 4.90 Å². The van der Waals surface area contributed by atoms with Crippen molar-refractivity contribution >= 4 is 0 Å². The van der Waals surface area contributed by atoms with Crippen molar-refractivity contribution in [2.24, 2.45) is 5.92 Å². The molecule has 0 amide bonds. The summed E-state index contributed by atoms with van der Waals surface area (Å²) in [7, 11) is 3.71. The molecule has 92 valence electrons. The maximum atomic E-state index is 8.79. The van der Waals surface area contributed by atoms with Gasteiger partial charge in [-0.2, -0.15) is 5.26 Å². The Morgan fingerprint density at radius 2 is 2.18 bits per heavy atom. The van der Waals surface area contributed by atoms with E-state index >= 15 is 0 Å². The summed E-state index contributed by atoms with van der Waals surface area (Å²) >= 11 is 0. The molecule has 0 aliphatic rings. The summed E-state index contributed by atoms with van der Waals surface area (Å²) in [6.45, 7) is 5.58. The minimum atomic E-state index is 0.0517. The maximum Gasteiger partial charge on any atom is 0.123 e. The van der Waals surface area contributed by atoms with E-state index in [9.17, 15) is 0 Å². The van der Waals surface area contributed by atoms with E-state index in [1.807, 2.05) is 26.1 Å². The summed E-state index contributed by atoms with van der Waals surface area (Å²) < 4.78 is 5.34. The number of nitriles is 1. The Morgan fingerprint density at radius 1 is 1.47 bits per heavy atom. The molecule has 0 radical (unpaired) electrons. The molecule has 3 nitrogen and oxygen atoms in total. The van der Waals surface area contributed by atoms with Crippen LogP contribution in [0.1, 0.15) is 18.1 Å². The number of benzene rings is 1. The predicted octanol–water partition coefficient (Wildman–Crippen LogP) is 2.60. The summed E-state index contributed by atoms with van der Waals surface area (Å²) in [5.41, 5.74) is 2.39. The summed E-state index contributed by atoms with van der Waals surface area (Å²) in [5, 5.41) is 8.79. The number of hydrogen-bond donors (Lipinski definition) is 0. The molecule has 3 heteroatoms. The van der Waals surface area contributed by atoms with E-state index < -0.39 is 0 Å². The standard InChI is InChI=1S/C14H20N2O/c1-11-5-6-14(17-4)13(7-11)10-16(3)9-12(2)8-15/h5-7,12H,9-10H2,1-4H3. The highest BCUT2D eigenvalue weighted by Crippen LogP contribution is 2.21. The van der Waals surface area contributed by atoms with Crippen LogP contribution in [0, 0.1) is 24.2 Å². The minimum absolute atomic E-state index is 0.0517. The Labute approximate surface area is 104 Å². The molecule has 1 aromatic rings. The fourth-order valence-electron chi connectivity index (χ4n) is 1.89. The average Bonchev–Trinajstić information content (AvgIpc) is 2.29. The molecular formula is C14H20N2O. The van der Waals surface area contributed by atoms with Gasteiger partial charge < -0.3 is 9.64 Å². The first-order valence-electron chi connectivity index (χ1n) is 5.78. The number of methoxy groups -OCH3 is 1. The molecule has 1 aromatic carbocycles. The van der Waals surface area contributed by atoms with Crippen molar-refractivity contribution in [3.63, 3.8) is 0 Å². The molecule has 0 spiro atoms. The molecule has 1 unspecified atom stereocenters. The van der Waals surface area contributed by atoms with E-state index in [4.69, 9.17) is 10.00 Å². The highest BCUT2D eigenvalue weighted by molar-refractivity contribution is 5.36. The summed E-state index contributed by atoms with van der Waals surface area (Å²) in [5.74, 6) is 0.961. The lowest BCUT2D eigenvalue weighted by Crippen LogP contribution is -2.23. The van der Waals surface area contributed by atoms with E-state index in [0.29, 0.717) is 0 Å². The first-order chi connectivity index (χ1) is 8.06. The second-order valence-corrected chi connectivity index (χ2v) is 4.54. The Hall–Kier alpha value is -1.53. The van der Waals surface area contributed by atoms with E-state index in [2.05, 4.69) is 24.0 Å². The molecule has 0 aliphatic heterocycles. The molecule has 1 atom stereocenters. The van der Waals surface area contributed by atoms with Gasteiger partial charge in [0.25, 0.3) is 0 Å². The molecule has 1 rings (SSSR count).